The molecule has 2 rings (SSSR count). The van der Waals surface area contributed by atoms with Crippen LogP contribution in [0.4, 0.5) is 0 Å². The van der Waals surface area contributed by atoms with Crippen molar-refractivity contribution >= 4 is 35.1 Å². The minimum absolute atomic E-state index is 0.590. The van der Waals surface area contributed by atoms with Crippen molar-refractivity contribution in [3.05, 3.63) is 0 Å². The number of ether oxygens (including phenoxy) is 2. The van der Waals surface area contributed by atoms with Crippen LogP contribution in [0, 0.1) is 0 Å². The fourth-order valence-corrected chi connectivity index (χ4v) is 2.10. The fourth-order valence-electron chi connectivity index (χ4n) is 1.54. The quantitative estimate of drug-likeness (QED) is 0.443. The molecule has 0 aromatic rings. The number of rotatable bonds is 0. The summed E-state index contributed by atoms with van der Waals surface area (Å²) in [6, 6.07) is 0. The van der Waals surface area contributed by atoms with Gasteiger partial charge < -0.3 is 9.47 Å². The fraction of sp³-hybridized carbons (Fsp3) is 0.714. The molecule has 4 nitrogen and oxygen atoms in total. The van der Waals surface area contributed by atoms with Crippen molar-refractivity contribution in [2.24, 2.45) is 0 Å². The monoisotopic (exact) mass is 224 g/mol. The van der Waals surface area contributed by atoms with Crippen LogP contribution in [0.3, 0.4) is 0 Å². The first-order valence-corrected chi connectivity index (χ1v) is 4.55. The second-order valence-corrected chi connectivity index (χ2v) is 4.13. The van der Waals surface area contributed by atoms with Gasteiger partial charge in [0.05, 0.1) is 0 Å². The largest absolute Gasteiger partial charge is 0.455 e. The van der Waals surface area contributed by atoms with Crippen LogP contribution in [0.2, 0.25) is 0 Å². The Labute approximate surface area is 84.1 Å². The average molecular weight is 225 g/mol. The number of hydrogen-bond donors (Lipinski definition) is 0. The summed E-state index contributed by atoms with van der Waals surface area (Å²) in [5.41, 5.74) is -1.11. The van der Waals surface area contributed by atoms with Gasteiger partial charge in [-0.1, -0.05) is 0 Å². The van der Waals surface area contributed by atoms with E-state index in [2.05, 4.69) is 0 Å². The van der Waals surface area contributed by atoms with Crippen molar-refractivity contribution in [1.82, 2.24) is 0 Å². The van der Waals surface area contributed by atoms with Crippen LogP contribution in [0.25, 0.3) is 0 Å². The summed E-state index contributed by atoms with van der Waals surface area (Å²) in [6.45, 7) is 1.54. The van der Waals surface area contributed by atoms with E-state index in [0.717, 1.165) is 0 Å². The highest BCUT2D eigenvalue weighted by Gasteiger charge is 2.65. The molecule has 0 spiro atoms. The van der Waals surface area contributed by atoms with Gasteiger partial charge in [-0.05, 0) is 6.92 Å². The zero-order valence-corrected chi connectivity index (χ0v) is 8.13. The number of carbonyl (C=O) groups is 2. The van der Waals surface area contributed by atoms with E-state index >= 15 is 0 Å². The number of carbonyl (C=O) groups excluding carboxylic acids is 2. The van der Waals surface area contributed by atoms with Gasteiger partial charge in [-0.15, -0.1) is 23.2 Å². The van der Waals surface area contributed by atoms with Crippen LogP contribution in [-0.4, -0.2) is 34.4 Å². The molecule has 0 bridgehead atoms. The van der Waals surface area contributed by atoms with E-state index in [9.17, 15) is 9.59 Å². The van der Waals surface area contributed by atoms with E-state index in [1.807, 2.05) is 0 Å². The lowest BCUT2D eigenvalue weighted by atomic mass is 9.98. The SMILES string of the molecule is CC12OC(=O)C(Cl)C1OC(=O)C2Cl. The molecule has 0 amide bonds. The molecular weight excluding hydrogens is 219 g/mol. The Morgan fingerprint density at radius 2 is 1.92 bits per heavy atom. The zero-order chi connectivity index (χ0) is 9.80. The summed E-state index contributed by atoms with van der Waals surface area (Å²) in [5.74, 6) is -1.18. The molecule has 0 aliphatic carbocycles. The second-order valence-electron chi connectivity index (χ2n) is 3.23. The Morgan fingerprint density at radius 3 is 2.46 bits per heavy atom. The van der Waals surface area contributed by atoms with Crippen LogP contribution in [0.1, 0.15) is 6.92 Å². The van der Waals surface area contributed by atoms with Crippen molar-refractivity contribution in [3.8, 4) is 0 Å². The first-order valence-electron chi connectivity index (χ1n) is 3.68. The number of hydrogen-bond acceptors (Lipinski definition) is 4. The molecular formula is C7H6Cl2O4. The lowest BCUT2D eigenvalue weighted by Crippen LogP contribution is -2.41. The predicted molar refractivity (Wildman–Crippen MR) is 43.7 cm³/mol. The topological polar surface area (TPSA) is 52.6 Å². The van der Waals surface area contributed by atoms with Crippen molar-refractivity contribution < 1.29 is 19.1 Å². The van der Waals surface area contributed by atoms with E-state index in [-0.39, 0.29) is 0 Å². The maximum Gasteiger partial charge on any atom is 0.328 e. The Hall–Kier alpha value is -0.480. The summed E-state index contributed by atoms with van der Waals surface area (Å²) < 4.78 is 9.75. The molecule has 0 aromatic carbocycles. The summed E-state index contributed by atoms with van der Waals surface area (Å²) in [7, 11) is 0. The standard InChI is InChI=1S/C7H6Cl2O4/c1-7-3(9)6(11)12-4(7)2(8)5(10)13-7/h2-4H,1H3. The molecule has 0 N–H and O–H groups in total. The maximum absolute atomic E-state index is 11.0. The van der Waals surface area contributed by atoms with Gasteiger partial charge in [-0.25, -0.2) is 0 Å². The second kappa shape index (κ2) is 2.51. The van der Waals surface area contributed by atoms with Gasteiger partial charge in [-0.2, -0.15) is 0 Å². The molecule has 13 heavy (non-hydrogen) atoms. The third-order valence-corrected chi connectivity index (χ3v) is 3.35. The highest BCUT2D eigenvalue weighted by Crippen LogP contribution is 2.43. The molecule has 6 heteroatoms. The normalized spacial score (nSPS) is 48.7. The van der Waals surface area contributed by atoms with Gasteiger partial charge in [0.2, 0.25) is 0 Å². The summed E-state index contributed by atoms with van der Waals surface area (Å²) in [6.07, 6.45) is -0.767. The number of fused-ring (bicyclic) bond motifs is 1. The van der Waals surface area contributed by atoms with Crippen LogP contribution in [0.5, 0.6) is 0 Å². The minimum Gasteiger partial charge on any atom is -0.455 e. The first kappa shape index (κ1) is 9.09. The van der Waals surface area contributed by atoms with E-state index in [4.69, 9.17) is 32.7 Å². The summed E-state index contributed by atoms with van der Waals surface area (Å²) in [5, 5.41) is -1.91. The third kappa shape index (κ3) is 0.987. The lowest BCUT2D eigenvalue weighted by molar-refractivity contribution is -0.147. The molecule has 72 valence electrons. The number of halogens is 2. The van der Waals surface area contributed by atoms with Gasteiger partial charge >= 0.3 is 11.9 Å². The Bertz CT molecular complexity index is 290. The molecule has 2 heterocycles. The molecule has 4 atom stereocenters. The Balaban J connectivity index is 2.38. The maximum atomic E-state index is 11.0. The van der Waals surface area contributed by atoms with Gasteiger partial charge in [-0.3, -0.25) is 9.59 Å². The number of esters is 2. The molecule has 2 fully saturated rings. The highest BCUT2D eigenvalue weighted by atomic mass is 35.5. The molecule has 2 aliphatic heterocycles. The van der Waals surface area contributed by atoms with Crippen molar-refractivity contribution in [1.29, 1.82) is 0 Å². The van der Waals surface area contributed by atoms with E-state index in [0.29, 0.717) is 0 Å². The predicted octanol–water partition coefficient (Wildman–Crippen LogP) is 0.442. The van der Waals surface area contributed by atoms with Crippen LogP contribution in [0.15, 0.2) is 0 Å². The number of alkyl halides is 2. The lowest BCUT2D eigenvalue weighted by Gasteiger charge is -2.20. The smallest absolute Gasteiger partial charge is 0.328 e. The van der Waals surface area contributed by atoms with Crippen LogP contribution >= 0.6 is 23.2 Å². The van der Waals surface area contributed by atoms with Crippen molar-refractivity contribution in [3.63, 3.8) is 0 Å². The van der Waals surface area contributed by atoms with E-state index in [1.54, 1.807) is 6.92 Å². The molecule has 0 saturated carbocycles. The molecule has 0 radical (unpaired) electrons. The van der Waals surface area contributed by atoms with Gasteiger partial charge in [0.1, 0.15) is 0 Å². The van der Waals surface area contributed by atoms with Gasteiger partial charge in [0.25, 0.3) is 0 Å². The van der Waals surface area contributed by atoms with Crippen molar-refractivity contribution in [2.45, 2.75) is 29.4 Å². The Kier molecular flexibility index (Phi) is 1.76. The van der Waals surface area contributed by atoms with E-state index < -0.39 is 34.4 Å². The summed E-state index contributed by atoms with van der Waals surface area (Å²) in [4.78, 5) is 22.1. The van der Waals surface area contributed by atoms with Gasteiger partial charge in [0.15, 0.2) is 22.5 Å². The highest BCUT2D eigenvalue weighted by molar-refractivity contribution is 6.35. The molecule has 2 aliphatic rings. The third-order valence-electron chi connectivity index (χ3n) is 2.33. The minimum atomic E-state index is -1.11. The average Bonchev–Trinajstić information content (AvgIpc) is 2.40. The van der Waals surface area contributed by atoms with Crippen LogP contribution < -0.4 is 0 Å². The summed E-state index contributed by atoms with van der Waals surface area (Å²) >= 11 is 11.4. The van der Waals surface area contributed by atoms with Gasteiger partial charge in [0, 0.05) is 0 Å². The Morgan fingerprint density at radius 1 is 1.31 bits per heavy atom. The van der Waals surface area contributed by atoms with Crippen molar-refractivity contribution in [2.75, 3.05) is 0 Å². The van der Waals surface area contributed by atoms with Crippen LogP contribution in [-0.2, 0) is 19.1 Å². The molecule has 0 aromatic heterocycles. The van der Waals surface area contributed by atoms with E-state index in [1.165, 1.54) is 0 Å². The molecule has 4 unspecified atom stereocenters. The first-order chi connectivity index (χ1) is 5.97. The zero-order valence-electron chi connectivity index (χ0n) is 6.62. The molecule has 2 saturated heterocycles.